The largest absolute Gasteiger partial charge is 0.507 e. The molecule has 0 bridgehead atoms. The maximum absolute atomic E-state index is 12.6. The number of thiocarbonyl (C=S) groups is 1. The number of phenols is 2. The lowest BCUT2D eigenvalue weighted by molar-refractivity contribution is -0.123. The van der Waals surface area contributed by atoms with Crippen LogP contribution >= 0.6 is 24.0 Å². The third-order valence-corrected chi connectivity index (χ3v) is 4.96. The van der Waals surface area contributed by atoms with Crippen LogP contribution in [0.2, 0.25) is 0 Å². The highest BCUT2D eigenvalue weighted by Crippen LogP contribution is 2.33. The molecule has 2 aromatic carbocycles. The minimum absolute atomic E-state index is 0.0165. The zero-order valence-electron chi connectivity index (χ0n) is 14.0. The SMILES string of the molecule is COc1cc(C=C2SC(=S)N(NC(=O)c3ccccc3O)C2=O)ccc1O. The average molecular weight is 402 g/mol. The molecule has 7 nitrogen and oxygen atoms in total. The molecule has 27 heavy (non-hydrogen) atoms. The number of ether oxygens (including phenoxy) is 1. The predicted molar refractivity (Wildman–Crippen MR) is 105 cm³/mol. The average Bonchev–Trinajstić information content (AvgIpc) is 2.91. The highest BCUT2D eigenvalue weighted by Gasteiger charge is 2.34. The maximum Gasteiger partial charge on any atom is 0.285 e. The Morgan fingerprint density at radius 1 is 1.22 bits per heavy atom. The lowest BCUT2D eigenvalue weighted by Crippen LogP contribution is -2.44. The fraction of sp³-hybridized carbons (Fsp3) is 0.0556. The standard InChI is InChI=1S/C18H14N2O5S2/c1-25-14-8-10(6-7-13(14)22)9-15-17(24)20(18(26)27-15)19-16(23)11-4-2-3-5-12(11)21/h2-9,21-22H,1H3,(H,19,23). The number of hydrogen-bond acceptors (Lipinski definition) is 7. The number of carbonyl (C=O) groups is 2. The van der Waals surface area contributed by atoms with Crippen LogP contribution in [0.3, 0.4) is 0 Å². The smallest absolute Gasteiger partial charge is 0.285 e. The highest BCUT2D eigenvalue weighted by atomic mass is 32.2. The first-order chi connectivity index (χ1) is 12.9. The van der Waals surface area contributed by atoms with Crippen LogP contribution in [-0.4, -0.2) is 38.5 Å². The second-order valence-corrected chi connectivity index (χ2v) is 7.08. The number of hydrazine groups is 1. The Hall–Kier alpha value is -3.04. The van der Waals surface area contributed by atoms with Gasteiger partial charge in [-0.15, -0.1) is 0 Å². The van der Waals surface area contributed by atoms with Crippen LogP contribution in [0.25, 0.3) is 6.08 Å². The van der Waals surface area contributed by atoms with Gasteiger partial charge in [0.15, 0.2) is 15.8 Å². The van der Waals surface area contributed by atoms with E-state index in [1.165, 1.54) is 25.3 Å². The van der Waals surface area contributed by atoms with E-state index >= 15 is 0 Å². The first-order valence-electron chi connectivity index (χ1n) is 7.64. The van der Waals surface area contributed by atoms with Crippen molar-refractivity contribution in [3.63, 3.8) is 0 Å². The van der Waals surface area contributed by atoms with E-state index in [9.17, 15) is 19.8 Å². The Labute approximate surface area is 164 Å². The number of amides is 2. The number of carbonyl (C=O) groups excluding carboxylic acids is 2. The monoisotopic (exact) mass is 402 g/mol. The lowest BCUT2D eigenvalue weighted by Gasteiger charge is -2.16. The van der Waals surface area contributed by atoms with Crippen LogP contribution in [0.1, 0.15) is 15.9 Å². The van der Waals surface area contributed by atoms with Crippen molar-refractivity contribution in [2.24, 2.45) is 0 Å². The normalized spacial score (nSPS) is 15.3. The zero-order chi connectivity index (χ0) is 19.6. The van der Waals surface area contributed by atoms with Crippen LogP contribution in [0, 0.1) is 0 Å². The van der Waals surface area contributed by atoms with Crippen molar-refractivity contribution < 1.29 is 24.5 Å². The quantitative estimate of drug-likeness (QED) is 0.534. The second kappa shape index (κ2) is 7.68. The molecule has 0 saturated carbocycles. The molecule has 2 aromatic rings. The number of methoxy groups -OCH3 is 1. The molecular formula is C18H14N2O5S2. The van der Waals surface area contributed by atoms with Crippen LogP contribution in [0.4, 0.5) is 0 Å². The summed E-state index contributed by atoms with van der Waals surface area (Å²) in [4.78, 5) is 25.2. The van der Waals surface area contributed by atoms with E-state index in [4.69, 9.17) is 17.0 Å². The number of rotatable bonds is 4. The Balaban J connectivity index is 1.81. The minimum Gasteiger partial charge on any atom is -0.507 e. The summed E-state index contributed by atoms with van der Waals surface area (Å²) in [6, 6.07) is 10.6. The minimum atomic E-state index is -0.656. The van der Waals surface area contributed by atoms with E-state index in [2.05, 4.69) is 5.43 Å². The fourth-order valence-corrected chi connectivity index (χ4v) is 3.51. The van der Waals surface area contributed by atoms with E-state index in [-0.39, 0.29) is 27.1 Å². The molecule has 1 saturated heterocycles. The summed E-state index contributed by atoms with van der Waals surface area (Å²) >= 11 is 6.19. The van der Waals surface area contributed by atoms with Gasteiger partial charge in [0.1, 0.15) is 5.75 Å². The third-order valence-electron chi connectivity index (χ3n) is 3.66. The van der Waals surface area contributed by atoms with Gasteiger partial charge in [-0.3, -0.25) is 15.0 Å². The van der Waals surface area contributed by atoms with E-state index in [1.54, 1.807) is 30.3 Å². The molecule has 9 heteroatoms. The van der Waals surface area contributed by atoms with Crippen molar-refractivity contribution in [1.82, 2.24) is 10.4 Å². The molecule has 0 aromatic heterocycles. The van der Waals surface area contributed by atoms with E-state index in [1.807, 2.05) is 0 Å². The molecule has 0 unspecified atom stereocenters. The topological polar surface area (TPSA) is 99.1 Å². The summed E-state index contributed by atoms with van der Waals surface area (Å²) in [5.74, 6) is -1.10. The van der Waals surface area contributed by atoms with Crippen molar-refractivity contribution in [3.8, 4) is 17.2 Å². The van der Waals surface area contributed by atoms with Gasteiger partial charge < -0.3 is 14.9 Å². The van der Waals surface area contributed by atoms with Crippen molar-refractivity contribution in [3.05, 3.63) is 58.5 Å². The molecule has 0 spiro atoms. The van der Waals surface area contributed by atoms with Gasteiger partial charge in [0.25, 0.3) is 11.8 Å². The molecule has 1 heterocycles. The first kappa shape index (κ1) is 18.7. The number of nitrogens with zero attached hydrogens (tertiary/aromatic N) is 1. The maximum atomic E-state index is 12.6. The van der Waals surface area contributed by atoms with Crippen molar-refractivity contribution in [1.29, 1.82) is 0 Å². The van der Waals surface area contributed by atoms with Gasteiger partial charge >= 0.3 is 0 Å². The van der Waals surface area contributed by atoms with Crippen molar-refractivity contribution >= 4 is 46.2 Å². The molecule has 0 radical (unpaired) electrons. The summed E-state index contributed by atoms with van der Waals surface area (Å²) in [6.07, 6.45) is 1.58. The van der Waals surface area contributed by atoms with Gasteiger partial charge in [-0.25, -0.2) is 0 Å². The van der Waals surface area contributed by atoms with E-state index in [0.717, 1.165) is 16.8 Å². The first-order valence-corrected chi connectivity index (χ1v) is 8.87. The molecule has 1 aliphatic heterocycles. The molecular weight excluding hydrogens is 388 g/mol. The van der Waals surface area contributed by atoms with Crippen LogP contribution in [0.5, 0.6) is 17.2 Å². The summed E-state index contributed by atoms with van der Waals surface area (Å²) < 4.78 is 5.20. The number of para-hydroxylation sites is 1. The Bertz CT molecular complexity index is 974. The molecule has 2 amide bonds. The summed E-state index contributed by atoms with van der Waals surface area (Å²) in [6.45, 7) is 0. The number of nitrogens with one attached hydrogen (secondary N) is 1. The molecule has 1 fully saturated rings. The fourth-order valence-electron chi connectivity index (χ4n) is 2.33. The molecule has 0 atom stereocenters. The number of phenolic OH excluding ortho intramolecular Hbond substituents is 2. The van der Waals surface area contributed by atoms with Gasteiger partial charge in [0.05, 0.1) is 17.6 Å². The summed E-state index contributed by atoms with van der Waals surface area (Å²) in [7, 11) is 1.42. The summed E-state index contributed by atoms with van der Waals surface area (Å²) in [5, 5.41) is 20.4. The predicted octanol–water partition coefficient (Wildman–Crippen LogP) is 2.65. The summed E-state index contributed by atoms with van der Waals surface area (Å²) in [5.41, 5.74) is 3.05. The molecule has 1 aliphatic rings. The lowest BCUT2D eigenvalue weighted by atomic mass is 10.2. The molecule has 0 aliphatic carbocycles. The van der Waals surface area contributed by atoms with Gasteiger partial charge in [0.2, 0.25) is 0 Å². The van der Waals surface area contributed by atoms with Crippen molar-refractivity contribution in [2.75, 3.05) is 7.11 Å². The Kier molecular flexibility index (Phi) is 5.33. The number of thioether (sulfide) groups is 1. The third kappa shape index (κ3) is 3.88. The number of aromatic hydroxyl groups is 2. The number of benzene rings is 2. The van der Waals surface area contributed by atoms with Crippen LogP contribution < -0.4 is 10.2 Å². The molecule has 3 N–H and O–H groups in total. The molecule has 3 rings (SSSR count). The van der Waals surface area contributed by atoms with Crippen LogP contribution in [-0.2, 0) is 4.79 Å². The van der Waals surface area contributed by atoms with Gasteiger partial charge in [-0.1, -0.05) is 30.0 Å². The van der Waals surface area contributed by atoms with E-state index in [0.29, 0.717) is 10.5 Å². The Morgan fingerprint density at radius 2 is 1.96 bits per heavy atom. The Morgan fingerprint density at radius 3 is 2.67 bits per heavy atom. The van der Waals surface area contributed by atoms with Gasteiger partial charge in [0, 0.05) is 0 Å². The van der Waals surface area contributed by atoms with Gasteiger partial charge in [-0.05, 0) is 48.1 Å². The highest BCUT2D eigenvalue weighted by molar-refractivity contribution is 8.26. The second-order valence-electron chi connectivity index (χ2n) is 5.41. The van der Waals surface area contributed by atoms with Gasteiger partial charge in [-0.2, -0.15) is 5.01 Å². The van der Waals surface area contributed by atoms with Crippen molar-refractivity contribution in [2.45, 2.75) is 0 Å². The zero-order valence-corrected chi connectivity index (χ0v) is 15.6. The number of hydrogen-bond donors (Lipinski definition) is 3. The van der Waals surface area contributed by atoms with E-state index < -0.39 is 11.8 Å². The molecule has 138 valence electrons. The van der Waals surface area contributed by atoms with Crippen LogP contribution in [0.15, 0.2) is 47.4 Å².